The monoisotopic (exact) mass is 278 g/mol. The Labute approximate surface area is 94.4 Å². The first-order valence-corrected chi connectivity index (χ1v) is 4.93. The highest BCUT2D eigenvalue weighted by Gasteiger charge is 2.17. The van der Waals surface area contributed by atoms with Gasteiger partial charge in [-0.1, -0.05) is 0 Å². The van der Waals surface area contributed by atoms with Crippen molar-refractivity contribution in [3.05, 3.63) is 27.7 Å². The summed E-state index contributed by atoms with van der Waals surface area (Å²) in [4.78, 5) is 11.2. The number of Topliss-reactive ketones (excluding diaryl/α,β-unsaturated/α-hetero) is 1. The largest absolute Gasteiger partial charge is 0.495 e. The maximum Gasteiger partial charge on any atom is 0.263 e. The minimum Gasteiger partial charge on any atom is -0.495 e. The molecule has 0 bridgehead atoms. The first kappa shape index (κ1) is 12.1. The minimum absolute atomic E-state index is 0.155. The Morgan fingerprint density at radius 2 is 2.07 bits per heavy atom. The van der Waals surface area contributed by atoms with Gasteiger partial charge in [0.25, 0.3) is 6.43 Å². The van der Waals surface area contributed by atoms with Gasteiger partial charge in [-0.05, 0) is 35.0 Å². The van der Waals surface area contributed by atoms with Gasteiger partial charge in [-0.3, -0.25) is 4.79 Å². The van der Waals surface area contributed by atoms with Crippen LogP contribution >= 0.6 is 15.9 Å². The van der Waals surface area contributed by atoms with Crippen molar-refractivity contribution >= 4 is 21.7 Å². The second-order valence-corrected chi connectivity index (χ2v) is 3.79. The molecule has 5 heteroatoms. The fraction of sp³-hybridized carbons (Fsp3) is 0.300. The molecule has 0 aromatic heterocycles. The predicted molar refractivity (Wildman–Crippen MR) is 55.7 cm³/mol. The normalized spacial score (nSPS) is 10.5. The number of carbonyl (C=O) groups is 1. The molecular weight excluding hydrogens is 270 g/mol. The maximum absolute atomic E-state index is 12.5. The lowest BCUT2D eigenvalue weighted by atomic mass is 10.1. The quantitative estimate of drug-likeness (QED) is 0.790. The SMILES string of the molecule is COc1c(Br)cc(C(F)F)cc1C(C)=O. The third kappa shape index (κ3) is 2.53. The van der Waals surface area contributed by atoms with Crippen LogP contribution in [0.3, 0.4) is 0 Å². The van der Waals surface area contributed by atoms with Crippen molar-refractivity contribution in [2.75, 3.05) is 7.11 Å². The molecule has 0 heterocycles. The summed E-state index contributed by atoms with van der Waals surface area (Å²) in [5.41, 5.74) is -0.0462. The molecule has 0 saturated heterocycles. The van der Waals surface area contributed by atoms with E-state index in [1.807, 2.05) is 0 Å². The van der Waals surface area contributed by atoms with Gasteiger partial charge in [0.05, 0.1) is 17.1 Å². The van der Waals surface area contributed by atoms with E-state index in [-0.39, 0.29) is 22.7 Å². The standard InChI is InChI=1S/C10H9BrF2O2/c1-5(14)7-3-6(10(12)13)4-8(11)9(7)15-2/h3-4,10H,1-2H3. The van der Waals surface area contributed by atoms with E-state index in [0.717, 1.165) is 6.07 Å². The van der Waals surface area contributed by atoms with Crippen molar-refractivity contribution in [3.63, 3.8) is 0 Å². The average molecular weight is 279 g/mol. The molecule has 82 valence electrons. The lowest BCUT2D eigenvalue weighted by molar-refractivity contribution is 0.101. The Morgan fingerprint density at radius 3 is 2.47 bits per heavy atom. The number of halogens is 3. The highest BCUT2D eigenvalue weighted by molar-refractivity contribution is 9.10. The fourth-order valence-electron chi connectivity index (χ4n) is 1.21. The predicted octanol–water partition coefficient (Wildman–Crippen LogP) is 3.60. The Balaban J connectivity index is 3.38. The van der Waals surface area contributed by atoms with Crippen LogP contribution in [0.5, 0.6) is 5.75 Å². The van der Waals surface area contributed by atoms with Crippen LogP contribution in [-0.2, 0) is 0 Å². The molecule has 0 amide bonds. The van der Waals surface area contributed by atoms with Crippen LogP contribution in [0, 0.1) is 0 Å². The number of hydrogen-bond donors (Lipinski definition) is 0. The smallest absolute Gasteiger partial charge is 0.263 e. The van der Waals surface area contributed by atoms with E-state index in [0.29, 0.717) is 4.47 Å². The summed E-state index contributed by atoms with van der Waals surface area (Å²) >= 11 is 3.08. The highest BCUT2D eigenvalue weighted by atomic mass is 79.9. The first-order valence-electron chi connectivity index (χ1n) is 4.14. The number of ketones is 1. The number of benzene rings is 1. The van der Waals surface area contributed by atoms with Gasteiger partial charge in [0.2, 0.25) is 0 Å². The maximum atomic E-state index is 12.5. The molecule has 15 heavy (non-hydrogen) atoms. The molecule has 1 aromatic rings. The summed E-state index contributed by atoms with van der Waals surface area (Å²) in [6.07, 6.45) is -2.61. The molecule has 1 aromatic carbocycles. The second-order valence-electron chi connectivity index (χ2n) is 2.94. The van der Waals surface area contributed by atoms with Crippen molar-refractivity contribution < 1.29 is 18.3 Å². The Bertz CT molecular complexity index is 391. The summed E-state index contributed by atoms with van der Waals surface area (Å²) in [7, 11) is 1.38. The number of hydrogen-bond acceptors (Lipinski definition) is 2. The van der Waals surface area contributed by atoms with Gasteiger partial charge < -0.3 is 4.74 Å². The third-order valence-corrected chi connectivity index (χ3v) is 2.49. The summed E-state index contributed by atoms with van der Waals surface area (Å²) in [6.45, 7) is 1.31. The van der Waals surface area contributed by atoms with E-state index in [1.165, 1.54) is 20.1 Å². The molecular formula is C10H9BrF2O2. The van der Waals surface area contributed by atoms with E-state index in [2.05, 4.69) is 15.9 Å². The number of carbonyl (C=O) groups excluding carboxylic acids is 1. The van der Waals surface area contributed by atoms with Gasteiger partial charge in [-0.2, -0.15) is 0 Å². The number of rotatable bonds is 3. The Hall–Kier alpha value is -0.970. The molecule has 2 nitrogen and oxygen atoms in total. The zero-order valence-electron chi connectivity index (χ0n) is 8.18. The van der Waals surface area contributed by atoms with E-state index >= 15 is 0 Å². The summed E-state index contributed by atoms with van der Waals surface area (Å²) in [5, 5.41) is 0. The van der Waals surface area contributed by atoms with Crippen molar-refractivity contribution in [2.45, 2.75) is 13.3 Å². The average Bonchev–Trinajstić information content (AvgIpc) is 2.16. The number of alkyl halides is 2. The second kappa shape index (κ2) is 4.70. The van der Waals surface area contributed by atoms with Gasteiger partial charge in [-0.25, -0.2) is 8.78 Å². The molecule has 0 aliphatic rings. The van der Waals surface area contributed by atoms with Crippen molar-refractivity contribution in [2.24, 2.45) is 0 Å². The van der Waals surface area contributed by atoms with E-state index in [9.17, 15) is 13.6 Å². The van der Waals surface area contributed by atoms with Crippen LogP contribution < -0.4 is 4.74 Å². The Kier molecular flexibility index (Phi) is 3.79. The van der Waals surface area contributed by atoms with Gasteiger partial charge in [0.1, 0.15) is 5.75 Å². The number of ether oxygens (including phenoxy) is 1. The molecule has 0 aliphatic carbocycles. The molecule has 0 spiro atoms. The minimum atomic E-state index is -2.61. The molecule has 0 unspecified atom stereocenters. The molecule has 0 N–H and O–H groups in total. The third-order valence-electron chi connectivity index (χ3n) is 1.90. The van der Waals surface area contributed by atoms with Crippen molar-refractivity contribution in [1.82, 2.24) is 0 Å². The van der Waals surface area contributed by atoms with Gasteiger partial charge in [0.15, 0.2) is 5.78 Å². The molecule has 0 saturated carbocycles. The van der Waals surface area contributed by atoms with Crippen LogP contribution in [0.25, 0.3) is 0 Å². The lowest BCUT2D eigenvalue weighted by Crippen LogP contribution is -2.00. The van der Waals surface area contributed by atoms with Gasteiger partial charge in [0, 0.05) is 5.56 Å². The summed E-state index contributed by atoms with van der Waals surface area (Å²) in [6, 6.07) is 2.40. The van der Waals surface area contributed by atoms with Crippen LogP contribution in [0.15, 0.2) is 16.6 Å². The van der Waals surface area contributed by atoms with Gasteiger partial charge >= 0.3 is 0 Å². The summed E-state index contributed by atoms with van der Waals surface area (Å²) in [5.74, 6) is -0.0260. The van der Waals surface area contributed by atoms with Crippen LogP contribution in [0.1, 0.15) is 29.3 Å². The summed E-state index contributed by atoms with van der Waals surface area (Å²) < 4.78 is 30.2. The van der Waals surface area contributed by atoms with Crippen LogP contribution in [0.4, 0.5) is 8.78 Å². The Morgan fingerprint density at radius 1 is 1.47 bits per heavy atom. The highest BCUT2D eigenvalue weighted by Crippen LogP contribution is 2.34. The van der Waals surface area contributed by atoms with E-state index < -0.39 is 6.43 Å². The molecule has 0 radical (unpaired) electrons. The molecule has 0 atom stereocenters. The zero-order chi connectivity index (χ0) is 11.6. The van der Waals surface area contributed by atoms with Crippen LogP contribution in [-0.4, -0.2) is 12.9 Å². The van der Waals surface area contributed by atoms with E-state index in [1.54, 1.807) is 0 Å². The topological polar surface area (TPSA) is 26.3 Å². The molecule has 0 aliphatic heterocycles. The van der Waals surface area contributed by atoms with Crippen molar-refractivity contribution in [3.8, 4) is 5.75 Å². The number of methoxy groups -OCH3 is 1. The van der Waals surface area contributed by atoms with Crippen LogP contribution in [0.2, 0.25) is 0 Å². The molecule has 0 fully saturated rings. The van der Waals surface area contributed by atoms with Crippen molar-refractivity contribution in [1.29, 1.82) is 0 Å². The first-order chi connectivity index (χ1) is 6.97. The zero-order valence-corrected chi connectivity index (χ0v) is 9.77. The molecule has 1 rings (SSSR count). The fourth-order valence-corrected chi connectivity index (χ4v) is 1.85. The van der Waals surface area contributed by atoms with Gasteiger partial charge in [-0.15, -0.1) is 0 Å². The van der Waals surface area contributed by atoms with E-state index in [4.69, 9.17) is 4.74 Å². The lowest BCUT2D eigenvalue weighted by Gasteiger charge is -2.10.